The van der Waals surface area contributed by atoms with Crippen molar-refractivity contribution in [3.63, 3.8) is 0 Å². The molecule has 1 fully saturated rings. The highest BCUT2D eigenvalue weighted by Crippen LogP contribution is 2.45. The Bertz CT molecular complexity index is 501. The average molecular weight is 230 g/mol. The second-order valence-corrected chi connectivity index (χ2v) is 4.77. The van der Waals surface area contributed by atoms with Gasteiger partial charge in [-0.2, -0.15) is 5.26 Å². The Morgan fingerprint density at radius 3 is 2.71 bits per heavy atom. The van der Waals surface area contributed by atoms with E-state index in [1.165, 1.54) is 0 Å². The highest BCUT2D eigenvalue weighted by molar-refractivity contribution is 5.61. The molecule has 1 saturated carbocycles. The molecule has 0 saturated heterocycles. The minimum absolute atomic E-state index is 0.136. The van der Waals surface area contributed by atoms with E-state index in [2.05, 4.69) is 11.4 Å². The monoisotopic (exact) mass is 230 g/mol. The van der Waals surface area contributed by atoms with E-state index >= 15 is 0 Å². The van der Waals surface area contributed by atoms with Crippen molar-refractivity contribution in [1.82, 2.24) is 0 Å². The maximum absolute atomic E-state index is 9.02. The van der Waals surface area contributed by atoms with Crippen LogP contribution in [0.1, 0.15) is 18.4 Å². The molecular formula is C13H14N2O2. The van der Waals surface area contributed by atoms with E-state index in [1.807, 2.05) is 19.1 Å². The van der Waals surface area contributed by atoms with Crippen LogP contribution in [0.4, 0.5) is 5.69 Å². The lowest BCUT2D eigenvalue weighted by atomic mass is 10.1. The lowest BCUT2D eigenvalue weighted by Crippen LogP contribution is -2.13. The average Bonchev–Trinajstić information content (AvgIpc) is 2.98. The van der Waals surface area contributed by atoms with Gasteiger partial charge in [0.25, 0.3) is 0 Å². The summed E-state index contributed by atoms with van der Waals surface area (Å²) in [6.45, 7) is 3.03. The summed E-state index contributed by atoms with van der Waals surface area (Å²) in [5.74, 6) is 1.58. The van der Waals surface area contributed by atoms with Crippen molar-refractivity contribution in [1.29, 1.82) is 5.26 Å². The zero-order valence-corrected chi connectivity index (χ0v) is 9.75. The zero-order chi connectivity index (χ0) is 11.9. The lowest BCUT2D eigenvalue weighted by Gasteiger charge is -2.12. The number of nitriles is 1. The molecule has 0 spiro atoms. The number of hydrogen-bond donors (Lipinski definition) is 1. The predicted octanol–water partition coefficient (Wildman–Crippen LogP) is 2.44. The summed E-state index contributed by atoms with van der Waals surface area (Å²) < 4.78 is 10.7. The van der Waals surface area contributed by atoms with Gasteiger partial charge < -0.3 is 14.8 Å². The van der Waals surface area contributed by atoms with Crippen LogP contribution in [-0.2, 0) is 0 Å². The van der Waals surface area contributed by atoms with E-state index in [9.17, 15) is 0 Å². The molecule has 88 valence electrons. The first kappa shape index (κ1) is 10.3. The van der Waals surface area contributed by atoms with Gasteiger partial charge in [0.05, 0.1) is 11.5 Å². The summed E-state index contributed by atoms with van der Waals surface area (Å²) in [5.41, 5.74) is 2.00. The summed E-state index contributed by atoms with van der Waals surface area (Å²) in [6, 6.07) is 6.29. The molecule has 3 rings (SSSR count). The predicted molar refractivity (Wildman–Crippen MR) is 63.1 cm³/mol. The van der Waals surface area contributed by atoms with Crippen molar-refractivity contribution in [2.24, 2.45) is 5.41 Å². The van der Waals surface area contributed by atoms with Crippen molar-refractivity contribution in [3.05, 3.63) is 17.7 Å². The Morgan fingerprint density at radius 2 is 2.06 bits per heavy atom. The summed E-state index contributed by atoms with van der Waals surface area (Å²) in [6.07, 6.45) is 2.00. The highest BCUT2D eigenvalue weighted by atomic mass is 16.7. The number of aryl methyl sites for hydroxylation is 1. The van der Waals surface area contributed by atoms with Crippen LogP contribution in [0, 0.1) is 23.7 Å². The third kappa shape index (κ3) is 1.78. The molecule has 0 atom stereocenters. The van der Waals surface area contributed by atoms with E-state index in [0.717, 1.165) is 35.6 Å². The number of hydrogen-bond acceptors (Lipinski definition) is 4. The van der Waals surface area contributed by atoms with Crippen molar-refractivity contribution >= 4 is 5.69 Å². The molecule has 0 amide bonds. The Kier molecular flexibility index (Phi) is 2.15. The Morgan fingerprint density at radius 1 is 1.35 bits per heavy atom. The molecule has 1 heterocycles. The fraction of sp³-hybridized carbons (Fsp3) is 0.462. The molecular weight excluding hydrogens is 216 g/mol. The number of anilines is 1. The number of benzene rings is 1. The summed E-state index contributed by atoms with van der Waals surface area (Å²) >= 11 is 0. The molecule has 1 aliphatic heterocycles. The molecule has 1 N–H and O–H groups in total. The molecule has 0 bridgehead atoms. The normalized spacial score (nSPS) is 18.6. The van der Waals surface area contributed by atoms with Crippen LogP contribution in [0.15, 0.2) is 12.1 Å². The Labute approximate surface area is 100 Å². The molecule has 0 unspecified atom stereocenters. The van der Waals surface area contributed by atoms with Gasteiger partial charge in [-0.1, -0.05) is 0 Å². The second-order valence-electron chi connectivity index (χ2n) is 4.77. The van der Waals surface area contributed by atoms with Gasteiger partial charge in [-0.05, 0) is 31.4 Å². The summed E-state index contributed by atoms with van der Waals surface area (Å²) in [7, 11) is 0. The van der Waals surface area contributed by atoms with E-state index in [4.69, 9.17) is 14.7 Å². The number of fused-ring (bicyclic) bond motifs is 1. The van der Waals surface area contributed by atoms with E-state index in [0.29, 0.717) is 13.3 Å². The van der Waals surface area contributed by atoms with Crippen LogP contribution in [0.2, 0.25) is 0 Å². The van der Waals surface area contributed by atoms with E-state index < -0.39 is 0 Å². The van der Waals surface area contributed by atoms with E-state index in [1.54, 1.807) is 0 Å². The molecule has 4 nitrogen and oxygen atoms in total. The molecule has 17 heavy (non-hydrogen) atoms. The number of nitrogens with one attached hydrogen (secondary N) is 1. The molecule has 1 aromatic rings. The van der Waals surface area contributed by atoms with Crippen molar-refractivity contribution in [2.75, 3.05) is 18.7 Å². The van der Waals surface area contributed by atoms with Crippen molar-refractivity contribution in [3.8, 4) is 17.6 Å². The SMILES string of the molecule is Cc1cc2c(cc1NCC1(C#N)CC1)OCO2. The Balaban J connectivity index is 1.77. The van der Waals surface area contributed by atoms with Crippen LogP contribution in [0.5, 0.6) is 11.5 Å². The molecule has 1 aromatic carbocycles. The minimum atomic E-state index is -0.136. The lowest BCUT2D eigenvalue weighted by molar-refractivity contribution is 0.174. The van der Waals surface area contributed by atoms with Gasteiger partial charge in [-0.25, -0.2) is 0 Å². The van der Waals surface area contributed by atoms with Gasteiger partial charge in [-0.15, -0.1) is 0 Å². The number of rotatable bonds is 3. The molecule has 2 aliphatic rings. The molecule has 4 heteroatoms. The largest absolute Gasteiger partial charge is 0.454 e. The van der Waals surface area contributed by atoms with Crippen molar-refractivity contribution < 1.29 is 9.47 Å². The van der Waals surface area contributed by atoms with Crippen LogP contribution >= 0.6 is 0 Å². The number of ether oxygens (including phenoxy) is 2. The summed E-state index contributed by atoms with van der Waals surface area (Å²) in [5, 5.41) is 12.4. The quantitative estimate of drug-likeness (QED) is 0.866. The van der Waals surface area contributed by atoms with Gasteiger partial charge in [0.2, 0.25) is 6.79 Å². The number of nitrogens with zero attached hydrogens (tertiary/aromatic N) is 1. The molecule has 0 aromatic heterocycles. The van der Waals surface area contributed by atoms with Crippen LogP contribution < -0.4 is 14.8 Å². The smallest absolute Gasteiger partial charge is 0.231 e. The van der Waals surface area contributed by atoms with Crippen LogP contribution in [0.3, 0.4) is 0 Å². The van der Waals surface area contributed by atoms with Gasteiger partial charge in [-0.3, -0.25) is 0 Å². The van der Waals surface area contributed by atoms with Gasteiger partial charge in [0.1, 0.15) is 0 Å². The zero-order valence-electron chi connectivity index (χ0n) is 9.75. The first-order valence-corrected chi connectivity index (χ1v) is 5.78. The Hall–Kier alpha value is -1.89. The molecule has 1 aliphatic carbocycles. The second kappa shape index (κ2) is 3.56. The maximum Gasteiger partial charge on any atom is 0.231 e. The van der Waals surface area contributed by atoms with Crippen molar-refractivity contribution in [2.45, 2.75) is 19.8 Å². The van der Waals surface area contributed by atoms with Crippen LogP contribution in [-0.4, -0.2) is 13.3 Å². The summed E-state index contributed by atoms with van der Waals surface area (Å²) in [4.78, 5) is 0. The fourth-order valence-corrected chi connectivity index (χ4v) is 1.98. The minimum Gasteiger partial charge on any atom is -0.454 e. The maximum atomic E-state index is 9.02. The standard InChI is InChI=1S/C13H14N2O2/c1-9-4-11-12(17-8-16-11)5-10(9)15-7-13(6-14)2-3-13/h4-5,15H,2-3,7-8H2,1H3. The topological polar surface area (TPSA) is 54.3 Å². The van der Waals surface area contributed by atoms with Crippen LogP contribution in [0.25, 0.3) is 0 Å². The third-order valence-electron chi connectivity index (χ3n) is 3.43. The third-order valence-corrected chi connectivity index (χ3v) is 3.43. The highest BCUT2D eigenvalue weighted by Gasteiger charge is 2.42. The first-order chi connectivity index (χ1) is 8.22. The first-order valence-electron chi connectivity index (χ1n) is 5.78. The fourth-order valence-electron chi connectivity index (χ4n) is 1.98. The van der Waals surface area contributed by atoms with Gasteiger partial charge >= 0.3 is 0 Å². The molecule has 0 radical (unpaired) electrons. The van der Waals surface area contributed by atoms with Gasteiger partial charge in [0.15, 0.2) is 11.5 Å². The van der Waals surface area contributed by atoms with E-state index in [-0.39, 0.29) is 5.41 Å². The van der Waals surface area contributed by atoms with Gasteiger partial charge in [0, 0.05) is 18.3 Å².